The highest BCUT2D eigenvalue weighted by atomic mass is 35.5. The highest BCUT2D eigenvalue weighted by Crippen LogP contribution is 2.17. The summed E-state index contributed by atoms with van der Waals surface area (Å²) in [6.07, 6.45) is -4.85. The van der Waals surface area contributed by atoms with Crippen LogP contribution in [0.3, 0.4) is 0 Å². The molecule has 0 radical (unpaired) electrons. The lowest BCUT2D eigenvalue weighted by Gasteiger charge is -2.38. The molecule has 0 amide bonds. The summed E-state index contributed by atoms with van der Waals surface area (Å²) in [6.45, 7) is -0.470. The van der Waals surface area contributed by atoms with Gasteiger partial charge in [-0.3, -0.25) is 0 Å². The zero-order valence-electron chi connectivity index (χ0n) is 6.78. The first-order valence-corrected chi connectivity index (χ1v) is 3.64. The lowest BCUT2D eigenvalue weighted by Crippen LogP contribution is -2.61. The summed E-state index contributed by atoms with van der Waals surface area (Å²) in [7, 11) is 0. The normalized spacial score (nSPS) is 45.5. The quantitative estimate of drug-likeness (QED) is 0.322. The second kappa shape index (κ2) is 5.06. The summed E-state index contributed by atoms with van der Waals surface area (Å²) in [5, 5.41) is 36.1. The largest absolute Gasteiger partial charge is 0.394 e. The van der Waals surface area contributed by atoms with Crippen molar-refractivity contribution in [2.24, 2.45) is 5.73 Å². The van der Waals surface area contributed by atoms with Gasteiger partial charge in [0.25, 0.3) is 0 Å². The molecule has 5 atom stereocenters. The smallest absolute Gasteiger partial charge is 0.173 e. The van der Waals surface area contributed by atoms with Gasteiger partial charge in [-0.1, -0.05) is 0 Å². The van der Waals surface area contributed by atoms with Gasteiger partial charge in [0.1, 0.15) is 18.3 Å². The minimum atomic E-state index is -1.35. The summed E-state index contributed by atoms with van der Waals surface area (Å²) in [5.74, 6) is 0. The van der Waals surface area contributed by atoms with Gasteiger partial charge >= 0.3 is 0 Å². The summed E-state index contributed by atoms with van der Waals surface area (Å²) in [6, 6.07) is -1.04. The minimum absolute atomic E-state index is 0. The molecule has 0 bridgehead atoms. The fraction of sp³-hybridized carbons (Fsp3) is 1.00. The Kier molecular flexibility index (Phi) is 5.08. The van der Waals surface area contributed by atoms with Crippen molar-refractivity contribution in [2.45, 2.75) is 30.6 Å². The van der Waals surface area contributed by atoms with E-state index in [1.807, 2.05) is 0 Å². The number of ether oxygens (including phenoxy) is 1. The molecule has 1 aliphatic heterocycles. The van der Waals surface area contributed by atoms with Crippen molar-refractivity contribution in [2.75, 3.05) is 6.61 Å². The summed E-state index contributed by atoms with van der Waals surface area (Å²) >= 11 is 0. The van der Waals surface area contributed by atoms with Gasteiger partial charge < -0.3 is 30.9 Å². The Bertz CT molecular complexity index is 155. The average Bonchev–Trinajstić information content (AvgIpc) is 2.08. The zero-order valence-corrected chi connectivity index (χ0v) is 7.59. The predicted octanol–water partition coefficient (Wildman–Crippen LogP) is -2.83. The van der Waals surface area contributed by atoms with Crippen LogP contribution in [0.25, 0.3) is 0 Å². The molecular formula is C6H14ClNO5. The van der Waals surface area contributed by atoms with Crippen LogP contribution >= 0.6 is 12.4 Å². The lowest BCUT2D eigenvalue weighted by molar-refractivity contribution is -0.248. The SMILES string of the molecule is Cl.NC1C(O)OC(CO)[C@@H](O)[C@@H]1O. The van der Waals surface area contributed by atoms with E-state index in [1.165, 1.54) is 0 Å². The van der Waals surface area contributed by atoms with Crippen molar-refractivity contribution in [3.8, 4) is 0 Å². The second-order valence-corrected chi connectivity index (χ2v) is 2.81. The third kappa shape index (κ3) is 2.50. The highest BCUT2D eigenvalue weighted by Gasteiger charge is 2.41. The zero-order chi connectivity index (χ0) is 9.30. The first-order valence-electron chi connectivity index (χ1n) is 3.64. The molecule has 7 heteroatoms. The molecule has 1 saturated heterocycles. The molecule has 13 heavy (non-hydrogen) atoms. The molecular weight excluding hydrogens is 202 g/mol. The van der Waals surface area contributed by atoms with E-state index in [4.69, 9.17) is 20.7 Å². The number of aliphatic hydroxyl groups excluding tert-OH is 4. The van der Waals surface area contributed by atoms with Crippen molar-refractivity contribution in [1.29, 1.82) is 0 Å². The molecule has 0 aromatic carbocycles. The van der Waals surface area contributed by atoms with Gasteiger partial charge in [0.2, 0.25) is 0 Å². The third-order valence-electron chi connectivity index (χ3n) is 1.95. The van der Waals surface area contributed by atoms with E-state index >= 15 is 0 Å². The monoisotopic (exact) mass is 215 g/mol. The first kappa shape index (κ1) is 13.1. The Morgan fingerprint density at radius 3 is 2.15 bits per heavy atom. The van der Waals surface area contributed by atoms with E-state index in [0.29, 0.717) is 0 Å². The van der Waals surface area contributed by atoms with E-state index < -0.39 is 37.3 Å². The topological polar surface area (TPSA) is 116 Å². The molecule has 1 rings (SSSR count). The van der Waals surface area contributed by atoms with E-state index in [2.05, 4.69) is 0 Å². The highest BCUT2D eigenvalue weighted by molar-refractivity contribution is 5.85. The van der Waals surface area contributed by atoms with Crippen LogP contribution in [0.1, 0.15) is 0 Å². The average molecular weight is 216 g/mol. The lowest BCUT2D eigenvalue weighted by atomic mass is 9.98. The molecule has 1 fully saturated rings. The van der Waals surface area contributed by atoms with Gasteiger partial charge in [0.05, 0.1) is 12.6 Å². The van der Waals surface area contributed by atoms with Gasteiger partial charge in [0.15, 0.2) is 6.29 Å². The molecule has 0 saturated carbocycles. The van der Waals surface area contributed by atoms with Crippen LogP contribution in [-0.2, 0) is 4.74 Å². The second-order valence-electron chi connectivity index (χ2n) is 2.81. The van der Waals surface area contributed by atoms with Gasteiger partial charge in [-0.15, -0.1) is 12.4 Å². The fourth-order valence-electron chi connectivity index (χ4n) is 1.12. The van der Waals surface area contributed by atoms with Gasteiger partial charge in [0, 0.05) is 0 Å². The Morgan fingerprint density at radius 2 is 1.69 bits per heavy atom. The Morgan fingerprint density at radius 1 is 1.15 bits per heavy atom. The number of hydrogen-bond donors (Lipinski definition) is 5. The molecule has 1 aliphatic rings. The van der Waals surface area contributed by atoms with E-state index in [9.17, 15) is 10.2 Å². The number of hydrogen-bond acceptors (Lipinski definition) is 6. The van der Waals surface area contributed by atoms with Crippen molar-refractivity contribution < 1.29 is 25.2 Å². The van der Waals surface area contributed by atoms with Crippen molar-refractivity contribution in [3.63, 3.8) is 0 Å². The Balaban J connectivity index is 0.00000144. The maximum atomic E-state index is 9.20. The first-order chi connectivity index (χ1) is 5.57. The van der Waals surface area contributed by atoms with Crippen LogP contribution in [0, 0.1) is 0 Å². The number of rotatable bonds is 1. The fourth-order valence-corrected chi connectivity index (χ4v) is 1.12. The molecule has 0 aliphatic carbocycles. The molecule has 0 aromatic rings. The van der Waals surface area contributed by atoms with Crippen LogP contribution in [-0.4, -0.2) is 57.7 Å². The van der Waals surface area contributed by atoms with Gasteiger partial charge in [-0.25, -0.2) is 0 Å². The molecule has 3 unspecified atom stereocenters. The summed E-state index contributed by atoms with van der Waals surface area (Å²) in [4.78, 5) is 0. The molecule has 1 heterocycles. The summed E-state index contributed by atoms with van der Waals surface area (Å²) < 4.78 is 4.70. The Labute approximate surface area is 81.3 Å². The van der Waals surface area contributed by atoms with E-state index in [0.717, 1.165) is 0 Å². The minimum Gasteiger partial charge on any atom is -0.394 e. The number of aliphatic hydroxyl groups is 4. The molecule has 0 spiro atoms. The van der Waals surface area contributed by atoms with Crippen LogP contribution in [0.4, 0.5) is 0 Å². The molecule has 0 aromatic heterocycles. The summed E-state index contributed by atoms with van der Waals surface area (Å²) in [5.41, 5.74) is 5.26. The standard InChI is InChI=1S/C6H13NO5.ClH/c7-3-5(10)4(9)2(1-8)12-6(3)11;/h2-6,8-11H,1,7H2;1H/t2?,3?,4-,5-,6?;/m1./s1. The van der Waals surface area contributed by atoms with Crippen molar-refractivity contribution in [3.05, 3.63) is 0 Å². The molecule has 80 valence electrons. The van der Waals surface area contributed by atoms with Crippen LogP contribution in [0.5, 0.6) is 0 Å². The third-order valence-corrected chi connectivity index (χ3v) is 1.95. The van der Waals surface area contributed by atoms with Crippen molar-refractivity contribution in [1.82, 2.24) is 0 Å². The maximum absolute atomic E-state index is 9.20. The molecule has 6 N–H and O–H groups in total. The van der Waals surface area contributed by atoms with Crippen LogP contribution in [0.15, 0.2) is 0 Å². The van der Waals surface area contributed by atoms with Gasteiger partial charge in [-0.05, 0) is 0 Å². The Hall–Kier alpha value is 0.0500. The molecule has 6 nitrogen and oxygen atoms in total. The van der Waals surface area contributed by atoms with Crippen molar-refractivity contribution >= 4 is 12.4 Å². The van der Waals surface area contributed by atoms with Crippen LogP contribution < -0.4 is 5.73 Å². The number of halogens is 1. The van der Waals surface area contributed by atoms with E-state index in [-0.39, 0.29) is 12.4 Å². The van der Waals surface area contributed by atoms with E-state index in [1.54, 1.807) is 0 Å². The number of nitrogens with two attached hydrogens (primary N) is 1. The van der Waals surface area contributed by atoms with Crippen LogP contribution in [0.2, 0.25) is 0 Å². The maximum Gasteiger partial charge on any atom is 0.173 e. The van der Waals surface area contributed by atoms with Gasteiger partial charge in [-0.2, -0.15) is 0 Å². The predicted molar refractivity (Wildman–Crippen MR) is 45.2 cm³/mol.